The summed E-state index contributed by atoms with van der Waals surface area (Å²) in [5.41, 5.74) is 1.99. The first-order valence-corrected chi connectivity index (χ1v) is 5.94. The first kappa shape index (κ1) is 12.0. The van der Waals surface area contributed by atoms with Gasteiger partial charge < -0.3 is 9.84 Å². The molecule has 0 saturated heterocycles. The largest absolute Gasteiger partial charge is 0.496 e. The molecule has 92 valence electrons. The second kappa shape index (κ2) is 4.40. The first-order chi connectivity index (χ1) is 8.07. The molecule has 1 N–H and O–H groups in total. The highest BCUT2D eigenvalue weighted by Crippen LogP contribution is 2.49. The van der Waals surface area contributed by atoms with Crippen molar-refractivity contribution < 1.29 is 14.6 Å². The van der Waals surface area contributed by atoms with E-state index in [9.17, 15) is 4.79 Å². The standard InChI is InChI=1S/C14H18O3/c1-10-4-5-11(12(8-10)17-2)14(6-3-7-14)9-13(15)16/h4-5,8H,3,6-7,9H2,1-2H3,(H,15,16). The van der Waals surface area contributed by atoms with E-state index in [1.165, 1.54) is 0 Å². The van der Waals surface area contributed by atoms with Crippen molar-refractivity contribution in [2.75, 3.05) is 7.11 Å². The molecule has 0 aromatic heterocycles. The zero-order chi connectivity index (χ0) is 12.5. The van der Waals surface area contributed by atoms with Crippen molar-refractivity contribution in [1.29, 1.82) is 0 Å². The summed E-state index contributed by atoms with van der Waals surface area (Å²) in [7, 11) is 1.64. The van der Waals surface area contributed by atoms with Crippen molar-refractivity contribution in [1.82, 2.24) is 0 Å². The van der Waals surface area contributed by atoms with Crippen LogP contribution in [0, 0.1) is 6.92 Å². The van der Waals surface area contributed by atoms with Crippen molar-refractivity contribution in [3.63, 3.8) is 0 Å². The molecule has 1 aliphatic carbocycles. The van der Waals surface area contributed by atoms with Gasteiger partial charge in [0.25, 0.3) is 0 Å². The van der Waals surface area contributed by atoms with E-state index >= 15 is 0 Å². The number of hydrogen-bond donors (Lipinski definition) is 1. The molecule has 3 nitrogen and oxygen atoms in total. The van der Waals surface area contributed by atoms with Gasteiger partial charge in [-0.25, -0.2) is 0 Å². The molecule has 1 aliphatic rings. The Morgan fingerprint density at radius 3 is 2.65 bits per heavy atom. The summed E-state index contributed by atoms with van der Waals surface area (Å²) < 4.78 is 5.40. The smallest absolute Gasteiger partial charge is 0.304 e. The molecule has 0 radical (unpaired) electrons. The van der Waals surface area contributed by atoms with Crippen LogP contribution in [0.15, 0.2) is 18.2 Å². The van der Waals surface area contributed by atoms with Gasteiger partial charge in [-0.1, -0.05) is 18.6 Å². The Morgan fingerprint density at radius 1 is 1.47 bits per heavy atom. The lowest BCUT2D eigenvalue weighted by Gasteiger charge is -2.42. The summed E-state index contributed by atoms with van der Waals surface area (Å²) in [6, 6.07) is 6.04. The van der Waals surface area contributed by atoms with Crippen LogP contribution in [0.4, 0.5) is 0 Å². The molecule has 1 saturated carbocycles. The number of aliphatic carboxylic acids is 1. The minimum Gasteiger partial charge on any atom is -0.496 e. The second-order valence-corrected chi connectivity index (χ2v) is 4.91. The van der Waals surface area contributed by atoms with E-state index in [0.29, 0.717) is 0 Å². The fraction of sp³-hybridized carbons (Fsp3) is 0.500. The van der Waals surface area contributed by atoms with Crippen LogP contribution in [0.1, 0.15) is 36.8 Å². The van der Waals surface area contributed by atoms with Crippen LogP contribution in [0.3, 0.4) is 0 Å². The second-order valence-electron chi connectivity index (χ2n) is 4.91. The fourth-order valence-corrected chi connectivity index (χ4v) is 2.67. The normalized spacial score (nSPS) is 17.3. The lowest BCUT2D eigenvalue weighted by molar-refractivity contribution is -0.139. The fourth-order valence-electron chi connectivity index (χ4n) is 2.67. The third-order valence-electron chi connectivity index (χ3n) is 3.73. The van der Waals surface area contributed by atoms with E-state index < -0.39 is 5.97 Å². The maximum absolute atomic E-state index is 11.0. The van der Waals surface area contributed by atoms with Gasteiger partial charge in [0.05, 0.1) is 13.5 Å². The van der Waals surface area contributed by atoms with Crippen LogP contribution in [0.2, 0.25) is 0 Å². The average Bonchev–Trinajstić information content (AvgIpc) is 2.23. The quantitative estimate of drug-likeness (QED) is 0.871. The molecule has 1 fully saturated rings. The van der Waals surface area contributed by atoms with E-state index in [1.54, 1.807) is 7.11 Å². The SMILES string of the molecule is COc1cc(C)ccc1C1(CC(=O)O)CCC1. The van der Waals surface area contributed by atoms with Crippen molar-refractivity contribution in [3.05, 3.63) is 29.3 Å². The van der Waals surface area contributed by atoms with E-state index in [-0.39, 0.29) is 11.8 Å². The molecular weight excluding hydrogens is 216 g/mol. The topological polar surface area (TPSA) is 46.5 Å². The third-order valence-corrected chi connectivity index (χ3v) is 3.73. The van der Waals surface area contributed by atoms with Gasteiger partial charge in [-0.2, -0.15) is 0 Å². The Morgan fingerprint density at radius 2 is 2.18 bits per heavy atom. The number of ether oxygens (including phenoxy) is 1. The minimum absolute atomic E-state index is 0.201. The molecular formula is C14H18O3. The number of aryl methyl sites for hydroxylation is 1. The summed E-state index contributed by atoms with van der Waals surface area (Å²) in [4.78, 5) is 11.0. The number of carboxylic acids is 1. The Kier molecular flexibility index (Phi) is 3.09. The summed E-state index contributed by atoms with van der Waals surface area (Å²) in [5.74, 6) is 0.0956. The van der Waals surface area contributed by atoms with Gasteiger partial charge in [0, 0.05) is 11.0 Å². The first-order valence-electron chi connectivity index (χ1n) is 5.94. The van der Waals surface area contributed by atoms with Crippen LogP contribution in [-0.4, -0.2) is 18.2 Å². The lowest BCUT2D eigenvalue weighted by Crippen LogP contribution is -2.36. The maximum Gasteiger partial charge on any atom is 0.304 e. The Labute approximate surface area is 101 Å². The Hall–Kier alpha value is -1.51. The van der Waals surface area contributed by atoms with Crippen molar-refractivity contribution in [3.8, 4) is 5.75 Å². The van der Waals surface area contributed by atoms with Gasteiger partial charge in [-0.05, 0) is 31.4 Å². The molecule has 1 aromatic rings. The predicted octanol–water partition coefficient (Wildman–Crippen LogP) is 2.90. The van der Waals surface area contributed by atoms with Crippen LogP contribution in [0.5, 0.6) is 5.75 Å². The van der Waals surface area contributed by atoms with Gasteiger partial charge in [0.1, 0.15) is 5.75 Å². The van der Waals surface area contributed by atoms with Gasteiger partial charge in [0.2, 0.25) is 0 Å². The van der Waals surface area contributed by atoms with Crippen LogP contribution >= 0.6 is 0 Å². The molecule has 17 heavy (non-hydrogen) atoms. The van der Waals surface area contributed by atoms with Crippen molar-refractivity contribution >= 4 is 5.97 Å². The maximum atomic E-state index is 11.0. The molecule has 3 heteroatoms. The minimum atomic E-state index is -0.729. The number of hydrogen-bond acceptors (Lipinski definition) is 2. The van der Waals surface area contributed by atoms with Gasteiger partial charge in [-0.15, -0.1) is 0 Å². The highest BCUT2D eigenvalue weighted by Gasteiger charge is 2.42. The summed E-state index contributed by atoms with van der Waals surface area (Å²) >= 11 is 0. The predicted molar refractivity (Wildman–Crippen MR) is 65.5 cm³/mol. The lowest BCUT2D eigenvalue weighted by atomic mass is 9.62. The monoisotopic (exact) mass is 234 g/mol. The number of benzene rings is 1. The molecule has 0 aliphatic heterocycles. The Bertz CT molecular complexity index is 433. The number of methoxy groups -OCH3 is 1. The van der Waals surface area contributed by atoms with E-state index in [1.807, 2.05) is 25.1 Å². The van der Waals surface area contributed by atoms with Crippen molar-refractivity contribution in [2.45, 2.75) is 38.0 Å². The van der Waals surface area contributed by atoms with E-state index in [4.69, 9.17) is 9.84 Å². The summed E-state index contributed by atoms with van der Waals surface area (Å²) in [6.45, 7) is 2.01. The molecule has 1 aromatic carbocycles. The van der Waals surface area contributed by atoms with Crippen molar-refractivity contribution in [2.24, 2.45) is 0 Å². The van der Waals surface area contributed by atoms with Gasteiger partial charge >= 0.3 is 5.97 Å². The molecule has 0 atom stereocenters. The molecule has 0 bridgehead atoms. The molecule has 0 unspecified atom stereocenters. The summed E-state index contributed by atoms with van der Waals surface area (Å²) in [5, 5.41) is 9.05. The van der Waals surface area contributed by atoms with Crippen LogP contribution in [-0.2, 0) is 10.2 Å². The Balaban J connectivity index is 2.40. The van der Waals surface area contributed by atoms with E-state index in [2.05, 4.69) is 0 Å². The number of carbonyl (C=O) groups is 1. The highest BCUT2D eigenvalue weighted by molar-refractivity contribution is 5.70. The van der Waals surface area contributed by atoms with Crippen LogP contribution in [0.25, 0.3) is 0 Å². The zero-order valence-corrected chi connectivity index (χ0v) is 10.3. The van der Waals surface area contributed by atoms with Gasteiger partial charge in [0.15, 0.2) is 0 Å². The molecule has 0 amide bonds. The number of carboxylic acid groups (broad SMARTS) is 1. The average molecular weight is 234 g/mol. The third kappa shape index (κ3) is 2.14. The zero-order valence-electron chi connectivity index (χ0n) is 10.3. The van der Waals surface area contributed by atoms with E-state index in [0.717, 1.165) is 36.1 Å². The number of rotatable bonds is 4. The van der Waals surface area contributed by atoms with Crippen LogP contribution < -0.4 is 4.74 Å². The molecule has 0 heterocycles. The molecule has 0 spiro atoms. The highest BCUT2D eigenvalue weighted by atomic mass is 16.5. The molecule has 2 rings (SSSR count). The summed E-state index contributed by atoms with van der Waals surface area (Å²) in [6.07, 6.45) is 3.19. The van der Waals surface area contributed by atoms with Gasteiger partial charge in [-0.3, -0.25) is 4.79 Å².